The van der Waals surface area contributed by atoms with Gasteiger partial charge in [0.25, 0.3) is 11.1 Å². The molecule has 0 fully saturated rings. The predicted octanol–water partition coefficient (Wildman–Crippen LogP) is 6.63. The van der Waals surface area contributed by atoms with E-state index in [1.54, 1.807) is 55.8 Å². The number of benzene rings is 2. The number of fused-ring (bicyclic) bond motifs is 1. The van der Waals surface area contributed by atoms with Crippen LogP contribution >= 0.6 is 0 Å². The van der Waals surface area contributed by atoms with Gasteiger partial charge in [-0.15, -0.1) is 0 Å². The van der Waals surface area contributed by atoms with Crippen molar-refractivity contribution in [3.63, 3.8) is 0 Å². The Kier molecular flexibility index (Phi) is 11.4. The van der Waals surface area contributed by atoms with Gasteiger partial charge in [-0.05, 0) is 65.5 Å². The van der Waals surface area contributed by atoms with Crippen molar-refractivity contribution in [2.45, 2.75) is 77.8 Å². The van der Waals surface area contributed by atoms with E-state index < -0.39 is 31.9 Å². The van der Waals surface area contributed by atoms with Gasteiger partial charge in [-0.3, -0.25) is 9.59 Å². The largest absolute Gasteiger partial charge is 0.489 e. The molecule has 0 amide bonds. The van der Waals surface area contributed by atoms with Gasteiger partial charge in [-0.2, -0.15) is 14.9 Å². The summed E-state index contributed by atoms with van der Waals surface area (Å²) in [6, 6.07) is 13.1. The summed E-state index contributed by atoms with van der Waals surface area (Å²) in [5.74, 6) is 0.261. The molecule has 0 radical (unpaired) electrons. The third kappa shape index (κ3) is 8.56. The number of aliphatic hydroxyl groups is 1. The first-order valence-electron chi connectivity index (χ1n) is 17.4. The Labute approximate surface area is 309 Å². The van der Waals surface area contributed by atoms with Crippen molar-refractivity contribution in [2.75, 3.05) is 25.6 Å². The summed E-state index contributed by atoms with van der Waals surface area (Å²) < 4.78 is 35.6. The maximum atomic E-state index is 15.4. The lowest BCUT2D eigenvalue weighted by molar-refractivity contribution is 0.0397. The number of hydrogen-bond acceptors (Lipinski definition) is 10. The van der Waals surface area contributed by atoms with Gasteiger partial charge in [0, 0.05) is 30.7 Å². The molecule has 5 rings (SSSR count). The van der Waals surface area contributed by atoms with Gasteiger partial charge in [-0.25, -0.2) is 14.1 Å². The van der Waals surface area contributed by atoms with Crippen molar-refractivity contribution in [1.29, 1.82) is 0 Å². The molecule has 14 heteroatoms. The zero-order chi connectivity index (χ0) is 38.9. The second-order valence-electron chi connectivity index (χ2n) is 15.6. The van der Waals surface area contributed by atoms with E-state index in [1.165, 1.54) is 24.0 Å². The average molecular weight is 745 g/mol. The number of pyridine rings is 1. The number of methoxy groups -OCH3 is 1. The number of nitrogens with zero attached hydrogens (tertiary/aromatic N) is 5. The lowest BCUT2D eigenvalue weighted by Gasteiger charge is -2.39. The maximum Gasteiger partial charge on any atom is 0.290 e. The molecule has 2 aromatic carbocycles. The van der Waals surface area contributed by atoms with Gasteiger partial charge in [0.2, 0.25) is 0 Å². The first-order valence-corrected chi connectivity index (χ1v) is 20.3. The molecule has 0 saturated heterocycles. The summed E-state index contributed by atoms with van der Waals surface area (Å²) in [6.07, 6.45) is 2.75. The number of aliphatic hydroxyl groups excluding tert-OH is 1. The van der Waals surface area contributed by atoms with Gasteiger partial charge in [0.1, 0.15) is 35.8 Å². The number of ether oxygens (including phenoxy) is 2. The van der Waals surface area contributed by atoms with Crippen molar-refractivity contribution in [3.8, 4) is 22.7 Å². The molecule has 0 saturated carbocycles. The Morgan fingerprint density at radius 2 is 1.72 bits per heavy atom. The van der Waals surface area contributed by atoms with Crippen LogP contribution in [-0.2, 0) is 28.2 Å². The maximum absolute atomic E-state index is 15.4. The van der Waals surface area contributed by atoms with Crippen molar-refractivity contribution < 1.29 is 23.4 Å². The van der Waals surface area contributed by atoms with E-state index >= 15 is 4.39 Å². The minimum atomic E-state index is -2.05. The summed E-state index contributed by atoms with van der Waals surface area (Å²) in [7, 11) is 1.09. The van der Waals surface area contributed by atoms with E-state index in [1.807, 2.05) is 20.8 Å². The van der Waals surface area contributed by atoms with Gasteiger partial charge in [0.05, 0.1) is 42.4 Å². The summed E-state index contributed by atoms with van der Waals surface area (Å²) in [5, 5.41) is 22.8. The van der Waals surface area contributed by atoms with Crippen molar-refractivity contribution in [3.05, 3.63) is 98.6 Å². The molecule has 12 nitrogen and oxygen atoms in total. The molecule has 3 heterocycles. The number of aromatic nitrogens is 5. The second kappa shape index (κ2) is 15.3. The van der Waals surface area contributed by atoms with E-state index in [2.05, 4.69) is 54.4 Å². The highest BCUT2D eigenvalue weighted by molar-refractivity contribution is 6.74. The van der Waals surface area contributed by atoms with Crippen LogP contribution in [0.4, 0.5) is 15.9 Å². The first kappa shape index (κ1) is 39.4. The molecular weight excluding hydrogens is 696 g/mol. The molecular formula is C39H49FN6O6Si. The highest BCUT2D eigenvalue weighted by atomic mass is 28.4. The number of hydrogen-bond donors (Lipinski definition) is 2. The van der Waals surface area contributed by atoms with Crippen molar-refractivity contribution in [2.24, 2.45) is 7.05 Å². The molecule has 282 valence electrons. The summed E-state index contributed by atoms with van der Waals surface area (Å²) in [4.78, 5) is 31.3. The minimum absolute atomic E-state index is 0.0335. The SMILES string of the molecule is COCC(COc1ccc(Nc2cc(-c3cccc(-n4ncc5cc(C(C)(C)C)cc(F)c5c4=O)c3CO)nn(C)c2=O)nc1)O[Si](C)(C)C(C)(C)C. The summed E-state index contributed by atoms with van der Waals surface area (Å²) in [6.45, 7) is 17.0. The van der Waals surface area contributed by atoms with E-state index in [4.69, 9.17) is 13.9 Å². The van der Waals surface area contributed by atoms with Crippen LogP contribution in [0.1, 0.15) is 52.7 Å². The number of anilines is 2. The van der Waals surface area contributed by atoms with Crippen LogP contribution in [0.3, 0.4) is 0 Å². The van der Waals surface area contributed by atoms with Crippen LogP contribution < -0.4 is 21.2 Å². The lowest BCUT2D eigenvalue weighted by Crippen LogP contribution is -2.46. The Hall–Kier alpha value is -4.76. The van der Waals surface area contributed by atoms with Gasteiger partial charge in [-0.1, -0.05) is 53.7 Å². The van der Waals surface area contributed by atoms with Gasteiger partial charge in [0.15, 0.2) is 8.32 Å². The second-order valence-corrected chi connectivity index (χ2v) is 20.4. The first-order chi connectivity index (χ1) is 24.8. The number of nitrogens with one attached hydrogen (secondary N) is 1. The smallest absolute Gasteiger partial charge is 0.290 e. The predicted molar refractivity (Wildman–Crippen MR) is 207 cm³/mol. The fourth-order valence-corrected chi connectivity index (χ4v) is 6.93. The van der Waals surface area contributed by atoms with Crippen LogP contribution in [0.25, 0.3) is 27.7 Å². The lowest BCUT2D eigenvalue weighted by atomic mass is 9.86. The fraction of sp³-hybridized carbons (Fsp3) is 0.410. The Morgan fingerprint density at radius 1 is 0.981 bits per heavy atom. The standard InChI is InChI=1S/C39H49FN6O6Si/c1-38(2,3)25-16-24-19-42-46(37(49)35(24)30(40)17-25)33-13-11-12-28(29(33)21-47)31-18-32(36(48)45(7)44-31)43-34-15-14-26(20-41-34)51-23-27(22-50-8)52-53(9,10)39(4,5)6/h11-20,27,47H,21-23H2,1-10H3,(H,41,43). The van der Waals surface area contributed by atoms with Crippen LogP contribution in [0.2, 0.25) is 18.1 Å². The molecule has 0 spiro atoms. The fourth-order valence-electron chi connectivity index (χ4n) is 5.61. The molecule has 0 aliphatic carbocycles. The third-order valence-corrected chi connectivity index (χ3v) is 14.2. The zero-order valence-corrected chi connectivity index (χ0v) is 33.1. The molecule has 1 atom stereocenters. The zero-order valence-electron chi connectivity index (χ0n) is 32.1. The average Bonchev–Trinajstić information content (AvgIpc) is 3.08. The molecule has 0 aliphatic rings. The Balaban J connectivity index is 1.42. The Bertz CT molecular complexity index is 2220. The van der Waals surface area contributed by atoms with E-state index in [-0.39, 0.29) is 39.9 Å². The summed E-state index contributed by atoms with van der Waals surface area (Å²) >= 11 is 0. The van der Waals surface area contributed by atoms with Crippen molar-refractivity contribution >= 4 is 30.6 Å². The molecule has 0 bridgehead atoms. The highest BCUT2D eigenvalue weighted by Gasteiger charge is 2.39. The summed E-state index contributed by atoms with van der Waals surface area (Å²) in [5.41, 5.74) is 0.844. The number of aryl methyl sites for hydroxylation is 1. The molecule has 53 heavy (non-hydrogen) atoms. The minimum Gasteiger partial charge on any atom is -0.489 e. The monoisotopic (exact) mass is 744 g/mol. The van der Waals surface area contributed by atoms with E-state index in [0.717, 1.165) is 10.2 Å². The Morgan fingerprint density at radius 3 is 2.34 bits per heavy atom. The van der Waals surface area contributed by atoms with E-state index in [0.29, 0.717) is 40.4 Å². The molecule has 3 aromatic heterocycles. The van der Waals surface area contributed by atoms with Crippen molar-refractivity contribution in [1.82, 2.24) is 24.5 Å². The molecule has 2 N–H and O–H groups in total. The normalized spacial score (nSPS) is 13.0. The molecule has 5 aromatic rings. The van der Waals surface area contributed by atoms with Crippen LogP contribution in [-0.4, -0.2) is 64.4 Å². The highest BCUT2D eigenvalue weighted by Crippen LogP contribution is 2.37. The van der Waals surface area contributed by atoms with Crippen LogP contribution in [0.5, 0.6) is 5.75 Å². The third-order valence-electron chi connectivity index (χ3n) is 9.64. The van der Waals surface area contributed by atoms with Crippen LogP contribution in [0, 0.1) is 5.82 Å². The van der Waals surface area contributed by atoms with E-state index in [9.17, 15) is 14.7 Å². The number of rotatable bonds is 12. The molecule has 1 unspecified atom stereocenters. The number of halogens is 1. The molecule has 0 aliphatic heterocycles. The van der Waals surface area contributed by atoms with Gasteiger partial charge >= 0.3 is 0 Å². The van der Waals surface area contributed by atoms with Gasteiger partial charge < -0.3 is 24.3 Å². The topological polar surface area (TPSA) is 143 Å². The van der Waals surface area contributed by atoms with Crippen LogP contribution in [0.15, 0.2) is 70.5 Å². The quantitative estimate of drug-likeness (QED) is 0.134.